The second-order valence-electron chi connectivity index (χ2n) is 4.83. The van der Waals surface area contributed by atoms with E-state index in [1.54, 1.807) is 16.8 Å². The van der Waals surface area contributed by atoms with E-state index in [0.29, 0.717) is 5.56 Å². The molecule has 2 heterocycles. The summed E-state index contributed by atoms with van der Waals surface area (Å²) in [4.78, 5) is 11.3. The van der Waals surface area contributed by atoms with Gasteiger partial charge in [0.25, 0.3) is 0 Å². The monoisotopic (exact) mass is 269 g/mol. The zero-order valence-corrected chi connectivity index (χ0v) is 11.2. The van der Waals surface area contributed by atoms with E-state index in [-0.39, 0.29) is 0 Å². The summed E-state index contributed by atoms with van der Waals surface area (Å²) in [6.45, 7) is 0.736. The quantitative estimate of drug-likeness (QED) is 0.790. The molecule has 20 heavy (non-hydrogen) atoms. The topological polar surface area (TPSA) is 60.0 Å². The lowest BCUT2D eigenvalue weighted by Crippen LogP contribution is -2.04. The minimum atomic E-state index is -0.892. The van der Waals surface area contributed by atoms with Crippen LogP contribution in [-0.4, -0.2) is 25.4 Å². The first-order chi connectivity index (χ1) is 9.65. The summed E-state index contributed by atoms with van der Waals surface area (Å²) in [6, 6.07) is 7.30. The molecule has 0 radical (unpaired) electrons. The van der Waals surface area contributed by atoms with Crippen LogP contribution in [0.25, 0.3) is 10.9 Å². The molecule has 0 saturated carbocycles. The van der Waals surface area contributed by atoms with Crippen LogP contribution < -0.4 is 0 Å². The van der Waals surface area contributed by atoms with Crippen LogP contribution in [0.15, 0.2) is 42.9 Å². The molecular formula is C15H15N3O2. The smallest absolute Gasteiger partial charge is 0.337 e. The van der Waals surface area contributed by atoms with E-state index in [9.17, 15) is 9.90 Å². The molecule has 0 atom stereocenters. The van der Waals surface area contributed by atoms with Crippen LogP contribution in [0.1, 0.15) is 15.9 Å². The highest BCUT2D eigenvalue weighted by Crippen LogP contribution is 2.21. The van der Waals surface area contributed by atoms with Gasteiger partial charge in [0.15, 0.2) is 0 Å². The van der Waals surface area contributed by atoms with Crippen LogP contribution in [-0.2, 0) is 20.0 Å². The van der Waals surface area contributed by atoms with E-state index in [4.69, 9.17) is 0 Å². The van der Waals surface area contributed by atoms with Crippen molar-refractivity contribution in [3.8, 4) is 0 Å². The maximum atomic E-state index is 11.3. The summed E-state index contributed by atoms with van der Waals surface area (Å²) in [5.74, 6) is -0.892. The van der Waals surface area contributed by atoms with E-state index in [2.05, 4.69) is 5.10 Å². The Bertz CT molecular complexity index is 770. The number of hydrogen-bond acceptors (Lipinski definition) is 2. The Hall–Kier alpha value is -2.56. The lowest BCUT2D eigenvalue weighted by Gasteiger charge is -2.06. The number of fused-ring (bicyclic) bond motifs is 1. The van der Waals surface area contributed by atoms with Gasteiger partial charge in [-0.1, -0.05) is 12.1 Å². The number of rotatable bonds is 4. The third-order valence-corrected chi connectivity index (χ3v) is 3.42. The van der Waals surface area contributed by atoms with Crippen molar-refractivity contribution in [2.75, 3.05) is 0 Å². The van der Waals surface area contributed by atoms with Gasteiger partial charge in [0.05, 0.1) is 17.3 Å². The molecule has 0 aliphatic heterocycles. The first-order valence-electron chi connectivity index (χ1n) is 6.44. The van der Waals surface area contributed by atoms with Crippen molar-refractivity contribution in [2.45, 2.75) is 13.0 Å². The third-order valence-electron chi connectivity index (χ3n) is 3.42. The molecule has 0 aliphatic rings. The molecule has 0 amide bonds. The number of para-hydroxylation sites is 1. The number of aromatic nitrogens is 3. The summed E-state index contributed by atoms with van der Waals surface area (Å²) < 4.78 is 3.76. The second-order valence-corrected chi connectivity index (χ2v) is 4.83. The van der Waals surface area contributed by atoms with Crippen LogP contribution in [0.2, 0.25) is 0 Å². The Kier molecular flexibility index (Phi) is 3.02. The first kappa shape index (κ1) is 12.5. The second kappa shape index (κ2) is 4.85. The lowest BCUT2D eigenvalue weighted by atomic mass is 10.1. The summed E-state index contributed by atoms with van der Waals surface area (Å²) in [7, 11) is 1.89. The normalized spacial score (nSPS) is 11.1. The van der Waals surface area contributed by atoms with E-state index in [0.717, 1.165) is 29.4 Å². The fourth-order valence-corrected chi connectivity index (χ4v) is 2.47. The van der Waals surface area contributed by atoms with E-state index < -0.39 is 5.97 Å². The standard InChI is InChI=1S/C15H15N3O2/c1-17-10-11(9-16-17)5-7-18-8-6-12-3-2-4-13(14(12)18)15(19)20/h2-4,6,8-10H,5,7H2,1H3,(H,19,20). The summed E-state index contributed by atoms with van der Waals surface area (Å²) in [5.41, 5.74) is 2.27. The van der Waals surface area contributed by atoms with Crippen molar-refractivity contribution in [1.29, 1.82) is 0 Å². The zero-order valence-electron chi connectivity index (χ0n) is 11.2. The average Bonchev–Trinajstić information content (AvgIpc) is 3.02. The van der Waals surface area contributed by atoms with Crippen molar-refractivity contribution < 1.29 is 9.90 Å². The van der Waals surface area contributed by atoms with Gasteiger partial charge in [-0.2, -0.15) is 5.10 Å². The SMILES string of the molecule is Cn1cc(CCn2ccc3cccc(C(=O)O)c32)cn1. The number of carboxylic acid groups (broad SMARTS) is 1. The van der Waals surface area contributed by atoms with Gasteiger partial charge < -0.3 is 9.67 Å². The fraction of sp³-hybridized carbons (Fsp3) is 0.200. The first-order valence-corrected chi connectivity index (χ1v) is 6.44. The highest BCUT2D eigenvalue weighted by molar-refractivity contribution is 6.02. The van der Waals surface area contributed by atoms with Gasteiger partial charge in [0.1, 0.15) is 0 Å². The number of aryl methyl sites for hydroxylation is 3. The molecule has 0 bridgehead atoms. The molecule has 0 unspecified atom stereocenters. The number of benzene rings is 1. The third kappa shape index (κ3) is 2.18. The molecule has 3 aromatic rings. The highest BCUT2D eigenvalue weighted by atomic mass is 16.4. The van der Waals surface area contributed by atoms with Crippen molar-refractivity contribution in [1.82, 2.24) is 14.3 Å². The highest BCUT2D eigenvalue weighted by Gasteiger charge is 2.12. The lowest BCUT2D eigenvalue weighted by molar-refractivity contribution is 0.0698. The number of carboxylic acids is 1. The van der Waals surface area contributed by atoms with Gasteiger partial charge in [-0.3, -0.25) is 4.68 Å². The van der Waals surface area contributed by atoms with Crippen molar-refractivity contribution in [3.63, 3.8) is 0 Å². The number of nitrogens with zero attached hydrogens (tertiary/aromatic N) is 3. The molecule has 102 valence electrons. The van der Waals surface area contributed by atoms with Crippen molar-refractivity contribution >= 4 is 16.9 Å². The van der Waals surface area contributed by atoms with Crippen LogP contribution >= 0.6 is 0 Å². The van der Waals surface area contributed by atoms with Crippen LogP contribution in [0.5, 0.6) is 0 Å². The van der Waals surface area contributed by atoms with E-state index >= 15 is 0 Å². The predicted octanol–water partition coefficient (Wildman–Crippen LogP) is 2.32. The molecule has 1 N–H and O–H groups in total. The minimum Gasteiger partial charge on any atom is -0.478 e. The molecular weight excluding hydrogens is 254 g/mol. The summed E-state index contributed by atoms with van der Waals surface area (Å²) in [6.07, 6.45) is 6.58. The summed E-state index contributed by atoms with van der Waals surface area (Å²) >= 11 is 0. The molecule has 0 fully saturated rings. The molecule has 0 spiro atoms. The van der Waals surface area contributed by atoms with Crippen molar-refractivity contribution in [2.24, 2.45) is 7.05 Å². The predicted molar refractivity (Wildman–Crippen MR) is 75.8 cm³/mol. The maximum Gasteiger partial charge on any atom is 0.337 e. The molecule has 2 aromatic heterocycles. The molecule has 0 aliphatic carbocycles. The van der Waals surface area contributed by atoms with Crippen molar-refractivity contribution in [3.05, 3.63) is 54.0 Å². The molecule has 5 nitrogen and oxygen atoms in total. The zero-order chi connectivity index (χ0) is 14.1. The van der Waals surface area contributed by atoms with Crippen LogP contribution in [0.3, 0.4) is 0 Å². The van der Waals surface area contributed by atoms with Gasteiger partial charge in [0.2, 0.25) is 0 Å². The minimum absolute atomic E-state index is 0.346. The number of carbonyl (C=O) groups is 1. The van der Waals surface area contributed by atoms with E-state index in [1.165, 1.54) is 0 Å². The molecule has 5 heteroatoms. The van der Waals surface area contributed by atoms with Crippen LogP contribution in [0.4, 0.5) is 0 Å². The maximum absolute atomic E-state index is 11.3. The largest absolute Gasteiger partial charge is 0.478 e. The Morgan fingerprint density at radius 1 is 1.35 bits per heavy atom. The molecule has 3 rings (SSSR count). The molecule has 1 aromatic carbocycles. The number of hydrogen-bond donors (Lipinski definition) is 1. The fourth-order valence-electron chi connectivity index (χ4n) is 2.47. The Morgan fingerprint density at radius 2 is 2.20 bits per heavy atom. The average molecular weight is 269 g/mol. The number of aromatic carboxylic acids is 1. The Morgan fingerprint density at radius 3 is 2.90 bits per heavy atom. The Labute approximate surface area is 116 Å². The van der Waals surface area contributed by atoms with E-state index in [1.807, 2.05) is 42.3 Å². The Balaban J connectivity index is 1.93. The van der Waals surface area contributed by atoms with Gasteiger partial charge in [-0.05, 0) is 24.1 Å². The van der Waals surface area contributed by atoms with Gasteiger partial charge in [-0.15, -0.1) is 0 Å². The molecule has 0 saturated heterocycles. The van der Waals surface area contributed by atoms with Gasteiger partial charge >= 0.3 is 5.97 Å². The van der Waals surface area contributed by atoms with Gasteiger partial charge in [0, 0.05) is 31.4 Å². The van der Waals surface area contributed by atoms with Crippen LogP contribution in [0, 0.1) is 0 Å². The summed E-state index contributed by atoms with van der Waals surface area (Å²) in [5, 5.41) is 14.4. The van der Waals surface area contributed by atoms with Gasteiger partial charge in [-0.25, -0.2) is 4.79 Å².